The molecule has 0 saturated carbocycles. The summed E-state index contributed by atoms with van der Waals surface area (Å²) in [7, 11) is 0. The molecule has 0 aliphatic rings. The second-order valence-corrected chi connectivity index (χ2v) is 3.70. The van der Waals surface area contributed by atoms with Crippen LogP contribution in [0.2, 0.25) is 0 Å². The first-order valence-corrected chi connectivity index (χ1v) is 5.50. The Balaban J connectivity index is 2.92. The van der Waals surface area contributed by atoms with E-state index in [4.69, 9.17) is 15.8 Å². The Labute approximate surface area is 122 Å². The molecule has 112 valence electrons. The van der Waals surface area contributed by atoms with E-state index in [9.17, 15) is 17.6 Å². The highest BCUT2D eigenvalue weighted by Crippen LogP contribution is 2.28. The van der Waals surface area contributed by atoms with Gasteiger partial charge in [-0.2, -0.15) is 33.3 Å². The van der Waals surface area contributed by atoms with Crippen molar-refractivity contribution in [3.8, 4) is 24.0 Å². The number of hydrogen-bond donors (Lipinski definition) is 1. The Morgan fingerprint density at radius 2 is 1.59 bits per heavy atom. The van der Waals surface area contributed by atoms with Crippen molar-refractivity contribution in [2.45, 2.75) is 12.5 Å². The summed E-state index contributed by atoms with van der Waals surface area (Å²) in [5.74, 6) is -0.515. The minimum absolute atomic E-state index is 0.173. The van der Waals surface area contributed by atoms with Crippen LogP contribution in [0.4, 0.5) is 23.2 Å². The highest BCUT2D eigenvalue weighted by atomic mass is 19.3. The van der Waals surface area contributed by atoms with Crippen LogP contribution in [0.1, 0.15) is 0 Å². The van der Waals surface area contributed by atoms with Gasteiger partial charge in [0, 0.05) is 5.69 Å². The van der Waals surface area contributed by atoms with E-state index >= 15 is 0 Å². The molecule has 0 heterocycles. The first-order valence-electron chi connectivity index (χ1n) is 5.50. The monoisotopic (exact) mass is 310 g/mol. The lowest BCUT2D eigenvalue weighted by Gasteiger charge is -2.16. The lowest BCUT2D eigenvalue weighted by Crippen LogP contribution is -2.33. The van der Waals surface area contributed by atoms with E-state index in [1.165, 1.54) is 12.1 Å². The minimum atomic E-state index is -4.62. The molecule has 1 aromatic carbocycles. The normalized spacial score (nSPS) is 10.1. The van der Waals surface area contributed by atoms with Crippen LogP contribution in [0.25, 0.3) is 0 Å². The summed E-state index contributed by atoms with van der Waals surface area (Å²) >= 11 is 0. The van der Waals surface area contributed by atoms with E-state index < -0.39 is 23.9 Å². The predicted molar refractivity (Wildman–Crippen MR) is 65.5 cm³/mol. The number of halogens is 4. The van der Waals surface area contributed by atoms with E-state index in [1.54, 1.807) is 6.07 Å². The summed E-state index contributed by atoms with van der Waals surface area (Å²) in [6.07, 6.45) is -8.60. The fraction of sp³-hybridized carbons (Fsp3) is 0.154. The molecule has 0 spiro atoms. The summed E-state index contributed by atoms with van der Waals surface area (Å²) < 4.78 is 53.2. The van der Waals surface area contributed by atoms with E-state index in [0.717, 1.165) is 24.3 Å². The Morgan fingerprint density at radius 3 is 2.00 bits per heavy atom. The molecule has 0 unspecified atom stereocenters. The topological polar surface area (TPSA) is 92.6 Å². The van der Waals surface area contributed by atoms with Crippen molar-refractivity contribution >= 4 is 5.69 Å². The average Bonchev–Trinajstić information content (AvgIpc) is 2.48. The van der Waals surface area contributed by atoms with Gasteiger partial charge in [-0.15, -0.1) is 0 Å². The summed E-state index contributed by atoms with van der Waals surface area (Å²) in [4.78, 5) is 0. The molecule has 9 heteroatoms. The van der Waals surface area contributed by atoms with Gasteiger partial charge in [0.25, 0.3) is 0 Å². The third-order valence-corrected chi connectivity index (χ3v) is 2.22. The second-order valence-electron chi connectivity index (χ2n) is 3.70. The Kier molecular flexibility index (Phi) is 5.32. The lowest BCUT2D eigenvalue weighted by atomic mass is 10.2. The molecular formula is C13H6F4N4O. The van der Waals surface area contributed by atoms with Crippen LogP contribution in [0.15, 0.2) is 35.5 Å². The molecule has 22 heavy (non-hydrogen) atoms. The first-order chi connectivity index (χ1) is 10.3. The van der Waals surface area contributed by atoms with E-state index in [0.29, 0.717) is 0 Å². The van der Waals surface area contributed by atoms with Crippen LogP contribution in [0.5, 0.6) is 5.75 Å². The molecule has 0 saturated heterocycles. The van der Waals surface area contributed by atoms with Gasteiger partial charge < -0.3 is 10.1 Å². The minimum Gasteiger partial charge on any atom is -0.428 e. The van der Waals surface area contributed by atoms with Gasteiger partial charge in [-0.3, -0.25) is 0 Å². The van der Waals surface area contributed by atoms with Crippen molar-refractivity contribution in [3.63, 3.8) is 0 Å². The Bertz CT molecular complexity index is 677. The molecule has 0 fully saturated rings. The number of benzene rings is 1. The molecular weight excluding hydrogens is 304 g/mol. The lowest BCUT2D eigenvalue weighted by molar-refractivity contribution is -0.253. The predicted octanol–water partition coefficient (Wildman–Crippen LogP) is 3.16. The van der Waals surface area contributed by atoms with Crippen molar-refractivity contribution in [2.24, 2.45) is 0 Å². The van der Waals surface area contributed by atoms with Crippen LogP contribution in [-0.4, -0.2) is 12.5 Å². The molecule has 0 amide bonds. The quantitative estimate of drug-likeness (QED) is 0.666. The molecule has 1 N–H and O–H groups in total. The third-order valence-electron chi connectivity index (χ3n) is 2.22. The SMILES string of the molecule is N#CC(C#N)=C(C#N)Nc1ccc(OC(F)(F)C(F)F)cc1. The standard InChI is InChI=1S/C13H6F4N4O/c14-12(15)13(16,17)22-10-3-1-9(2-4-10)21-11(7-20)8(5-18)6-19/h1-4,12,21H. The molecule has 0 atom stereocenters. The van der Waals surface area contributed by atoms with Gasteiger partial charge in [-0.1, -0.05) is 0 Å². The molecule has 0 bridgehead atoms. The zero-order valence-electron chi connectivity index (χ0n) is 10.6. The number of anilines is 1. The number of nitriles is 3. The molecule has 0 aromatic heterocycles. The Hall–Kier alpha value is -3.25. The van der Waals surface area contributed by atoms with Crippen LogP contribution in [-0.2, 0) is 0 Å². The first kappa shape index (κ1) is 16.8. The smallest absolute Gasteiger partial charge is 0.428 e. The summed E-state index contributed by atoms with van der Waals surface area (Å²) in [5.41, 5.74) is -0.629. The summed E-state index contributed by atoms with van der Waals surface area (Å²) in [6, 6.07) is 8.84. The second kappa shape index (κ2) is 6.96. The zero-order chi connectivity index (χ0) is 16.8. The maximum Gasteiger partial charge on any atom is 0.461 e. The van der Waals surface area contributed by atoms with Gasteiger partial charge in [-0.05, 0) is 24.3 Å². The van der Waals surface area contributed by atoms with E-state index in [2.05, 4.69) is 10.1 Å². The van der Waals surface area contributed by atoms with Gasteiger partial charge in [0.1, 0.15) is 29.7 Å². The van der Waals surface area contributed by atoms with E-state index in [-0.39, 0.29) is 11.4 Å². The van der Waals surface area contributed by atoms with Gasteiger partial charge in [-0.25, -0.2) is 0 Å². The van der Waals surface area contributed by atoms with Crippen LogP contribution in [0, 0.1) is 34.0 Å². The van der Waals surface area contributed by atoms with Gasteiger partial charge in [0.05, 0.1) is 0 Å². The van der Waals surface area contributed by atoms with Gasteiger partial charge in [0.15, 0.2) is 5.57 Å². The maximum absolute atomic E-state index is 12.7. The largest absolute Gasteiger partial charge is 0.461 e. The number of rotatable bonds is 5. The number of allylic oxidation sites excluding steroid dienone is 2. The molecule has 0 radical (unpaired) electrons. The number of alkyl halides is 4. The highest BCUT2D eigenvalue weighted by Gasteiger charge is 2.43. The van der Waals surface area contributed by atoms with Crippen molar-refractivity contribution < 1.29 is 22.3 Å². The number of nitrogens with one attached hydrogen (secondary N) is 1. The molecule has 0 aliphatic heterocycles. The molecule has 1 aromatic rings. The number of hydrogen-bond acceptors (Lipinski definition) is 5. The fourth-order valence-electron chi connectivity index (χ4n) is 1.24. The van der Waals surface area contributed by atoms with Gasteiger partial charge >= 0.3 is 12.5 Å². The molecule has 0 aliphatic carbocycles. The number of ether oxygens (including phenoxy) is 1. The molecule has 1 rings (SSSR count). The fourth-order valence-corrected chi connectivity index (χ4v) is 1.24. The summed E-state index contributed by atoms with van der Waals surface area (Å²) in [6.45, 7) is 0. The van der Waals surface area contributed by atoms with Crippen LogP contribution >= 0.6 is 0 Å². The Morgan fingerprint density at radius 1 is 1.05 bits per heavy atom. The van der Waals surface area contributed by atoms with E-state index in [1.807, 2.05) is 0 Å². The van der Waals surface area contributed by atoms with Crippen molar-refractivity contribution in [1.29, 1.82) is 15.8 Å². The van der Waals surface area contributed by atoms with Gasteiger partial charge in [0.2, 0.25) is 0 Å². The van der Waals surface area contributed by atoms with Crippen molar-refractivity contribution in [3.05, 3.63) is 35.5 Å². The number of nitrogens with zero attached hydrogens (tertiary/aromatic N) is 3. The van der Waals surface area contributed by atoms with Crippen LogP contribution < -0.4 is 10.1 Å². The van der Waals surface area contributed by atoms with Crippen molar-refractivity contribution in [1.82, 2.24) is 0 Å². The van der Waals surface area contributed by atoms with Crippen LogP contribution in [0.3, 0.4) is 0 Å². The summed E-state index contributed by atoms with van der Waals surface area (Å²) in [5, 5.41) is 28.5. The maximum atomic E-state index is 12.7. The zero-order valence-corrected chi connectivity index (χ0v) is 10.6. The third kappa shape index (κ3) is 4.12. The van der Waals surface area contributed by atoms with Crippen molar-refractivity contribution in [2.75, 3.05) is 5.32 Å². The average molecular weight is 310 g/mol. The molecule has 5 nitrogen and oxygen atoms in total. The highest BCUT2D eigenvalue weighted by molar-refractivity contribution is 5.58.